The summed E-state index contributed by atoms with van der Waals surface area (Å²) in [6.07, 6.45) is 6.79. The van der Waals surface area contributed by atoms with Crippen molar-refractivity contribution in [2.24, 2.45) is 18.4 Å². The lowest BCUT2D eigenvalue weighted by molar-refractivity contribution is -0.0173. The van der Waals surface area contributed by atoms with Crippen LogP contribution in [0.25, 0.3) is 11.0 Å². The van der Waals surface area contributed by atoms with Gasteiger partial charge in [-0.1, -0.05) is 6.07 Å². The Morgan fingerprint density at radius 1 is 1.22 bits per heavy atom. The second-order valence-electron chi connectivity index (χ2n) is 11.1. The van der Waals surface area contributed by atoms with Gasteiger partial charge < -0.3 is 19.5 Å². The molecule has 7 heteroatoms. The molecule has 0 bridgehead atoms. The van der Waals surface area contributed by atoms with Gasteiger partial charge in [0.1, 0.15) is 5.60 Å². The summed E-state index contributed by atoms with van der Waals surface area (Å²) in [5.74, 6) is 0.673. The monoisotopic (exact) mass is 442 g/mol. The molecule has 0 atom stereocenters. The van der Waals surface area contributed by atoms with Crippen LogP contribution in [0.5, 0.6) is 0 Å². The first-order chi connectivity index (χ1) is 15.0. The van der Waals surface area contributed by atoms with E-state index in [0.717, 1.165) is 36.1 Å². The fourth-order valence-electron chi connectivity index (χ4n) is 5.87. The van der Waals surface area contributed by atoms with Gasteiger partial charge in [-0.15, -0.1) is 0 Å². The number of anilines is 1. The number of fused-ring (bicyclic) bond motifs is 1. The van der Waals surface area contributed by atoms with Gasteiger partial charge in [-0.25, -0.2) is 9.59 Å². The van der Waals surface area contributed by atoms with Gasteiger partial charge in [0.25, 0.3) is 0 Å². The molecule has 176 valence electrons. The molecule has 4 rings (SSSR count). The molecule has 0 saturated heterocycles. The molecule has 2 aliphatic rings. The van der Waals surface area contributed by atoms with Gasteiger partial charge in [0, 0.05) is 33.7 Å². The number of aryl methyl sites for hydroxylation is 1. The van der Waals surface area contributed by atoms with E-state index in [0.29, 0.717) is 11.3 Å². The normalized spacial score (nSPS) is 25.6. The third kappa shape index (κ3) is 4.39. The highest BCUT2D eigenvalue weighted by atomic mass is 16.6. The van der Waals surface area contributed by atoms with Crippen LogP contribution >= 0.6 is 0 Å². The smallest absolute Gasteiger partial charge is 0.410 e. The first kappa shape index (κ1) is 22.7. The minimum atomic E-state index is -0.453. The Bertz CT molecular complexity index is 1030. The number of nitrogens with zero attached hydrogens (tertiary/aromatic N) is 3. The largest absolute Gasteiger partial charge is 0.444 e. The summed E-state index contributed by atoms with van der Waals surface area (Å²) in [4.78, 5) is 31.5. The van der Waals surface area contributed by atoms with Crippen LogP contribution in [0.4, 0.5) is 10.5 Å². The van der Waals surface area contributed by atoms with E-state index < -0.39 is 5.60 Å². The van der Waals surface area contributed by atoms with Crippen molar-refractivity contribution < 1.29 is 9.53 Å². The lowest BCUT2D eigenvalue weighted by atomic mass is 9.55. The minimum Gasteiger partial charge on any atom is -0.444 e. The molecule has 0 unspecified atom stereocenters. The predicted octanol–water partition coefficient (Wildman–Crippen LogP) is 4.51. The predicted molar refractivity (Wildman–Crippen MR) is 128 cm³/mol. The molecule has 0 aliphatic heterocycles. The Morgan fingerprint density at radius 3 is 2.50 bits per heavy atom. The lowest BCUT2D eigenvalue weighted by Crippen LogP contribution is -2.49. The summed E-state index contributed by atoms with van der Waals surface area (Å²) in [7, 11) is 5.83. The van der Waals surface area contributed by atoms with E-state index in [1.54, 1.807) is 4.57 Å². The second kappa shape index (κ2) is 8.16. The number of H-pyrrole nitrogens is 1. The number of hydrogen-bond acceptors (Lipinski definition) is 4. The zero-order valence-electron chi connectivity index (χ0n) is 20.4. The summed E-state index contributed by atoms with van der Waals surface area (Å²) in [5, 5.41) is 0. The Balaban J connectivity index is 1.31. The number of carbonyl (C=O) groups excluding carboxylic acids is 1. The number of hydrogen-bond donors (Lipinski definition) is 1. The van der Waals surface area contributed by atoms with Crippen molar-refractivity contribution in [1.29, 1.82) is 0 Å². The maximum absolute atomic E-state index is 12.4. The summed E-state index contributed by atoms with van der Waals surface area (Å²) in [6.45, 7) is 6.74. The van der Waals surface area contributed by atoms with Crippen molar-refractivity contribution in [3.05, 3.63) is 28.7 Å². The minimum absolute atomic E-state index is 0.0726. The van der Waals surface area contributed by atoms with E-state index in [1.807, 2.05) is 51.9 Å². The molecule has 2 fully saturated rings. The molecule has 1 N–H and O–H groups in total. The number of ether oxygens (including phenoxy) is 1. The maximum atomic E-state index is 12.4. The lowest BCUT2D eigenvalue weighted by Gasteiger charge is -2.53. The van der Waals surface area contributed by atoms with Crippen LogP contribution in [-0.4, -0.2) is 52.8 Å². The average molecular weight is 443 g/mol. The highest BCUT2D eigenvalue weighted by Crippen LogP contribution is 2.55. The first-order valence-electron chi connectivity index (χ1n) is 11.8. The zero-order chi connectivity index (χ0) is 23.3. The highest BCUT2D eigenvalue weighted by molar-refractivity contribution is 5.89. The number of amides is 1. The van der Waals surface area contributed by atoms with E-state index in [2.05, 4.69) is 23.0 Å². The number of para-hydroxylation sites is 1. The highest BCUT2D eigenvalue weighted by Gasteiger charge is 2.47. The van der Waals surface area contributed by atoms with Crippen LogP contribution in [0.15, 0.2) is 23.0 Å². The molecular formula is C25H38N4O3. The Kier molecular flexibility index (Phi) is 5.80. The van der Waals surface area contributed by atoms with Gasteiger partial charge in [-0.3, -0.25) is 4.57 Å². The van der Waals surface area contributed by atoms with Gasteiger partial charge >= 0.3 is 11.8 Å². The van der Waals surface area contributed by atoms with E-state index >= 15 is 0 Å². The van der Waals surface area contributed by atoms with Crippen LogP contribution < -0.4 is 10.6 Å². The second-order valence-corrected chi connectivity index (χ2v) is 11.1. The number of aromatic nitrogens is 2. The van der Waals surface area contributed by atoms with E-state index in [1.165, 1.54) is 25.7 Å². The molecule has 0 radical (unpaired) electrons. The number of rotatable bonds is 4. The van der Waals surface area contributed by atoms with Crippen LogP contribution in [-0.2, 0) is 11.8 Å². The molecule has 2 aromatic rings. The molecule has 1 aromatic heterocycles. The molecule has 1 amide bonds. The topological polar surface area (TPSA) is 70.6 Å². The van der Waals surface area contributed by atoms with E-state index in [9.17, 15) is 9.59 Å². The third-order valence-corrected chi connectivity index (χ3v) is 7.53. The molecule has 7 nitrogen and oxygen atoms in total. The van der Waals surface area contributed by atoms with Gasteiger partial charge in [0.15, 0.2) is 0 Å². The Labute approximate surface area is 190 Å². The zero-order valence-corrected chi connectivity index (χ0v) is 20.4. The van der Waals surface area contributed by atoms with Crippen molar-refractivity contribution in [1.82, 2.24) is 14.5 Å². The molecule has 32 heavy (non-hydrogen) atoms. The van der Waals surface area contributed by atoms with Gasteiger partial charge in [0.05, 0.1) is 16.7 Å². The first-order valence-corrected chi connectivity index (χ1v) is 11.8. The molecule has 1 spiro atoms. The van der Waals surface area contributed by atoms with Crippen LogP contribution in [0.3, 0.4) is 0 Å². The molecule has 1 heterocycles. The van der Waals surface area contributed by atoms with E-state index in [-0.39, 0.29) is 17.8 Å². The summed E-state index contributed by atoms with van der Waals surface area (Å²) in [5.41, 5.74) is 2.89. The van der Waals surface area contributed by atoms with Gasteiger partial charge in [0.2, 0.25) is 0 Å². The van der Waals surface area contributed by atoms with Crippen molar-refractivity contribution >= 4 is 22.8 Å². The number of imidazole rings is 1. The number of benzene rings is 1. The molecular weight excluding hydrogens is 404 g/mol. The summed E-state index contributed by atoms with van der Waals surface area (Å²) < 4.78 is 7.25. The standard InChI is InChI=1S/C25H38N4O3/c1-24(2,3)32-23(31)28(5)18-10-12-25(13-11-18)14-17(15-25)16-27(4)20-9-7-8-19-21(20)29(6)22(30)26-19/h7-9,17-18H,10-16H2,1-6H3,(H,26,30). The average Bonchev–Trinajstić information content (AvgIpc) is 2.99. The molecule has 2 aliphatic carbocycles. The number of carbonyl (C=O) groups is 1. The van der Waals surface area contributed by atoms with E-state index in [4.69, 9.17) is 4.74 Å². The fraction of sp³-hybridized carbons (Fsp3) is 0.680. The van der Waals surface area contributed by atoms with Crippen molar-refractivity contribution in [3.63, 3.8) is 0 Å². The van der Waals surface area contributed by atoms with Crippen molar-refractivity contribution in [2.75, 3.05) is 25.5 Å². The summed E-state index contributed by atoms with van der Waals surface area (Å²) >= 11 is 0. The van der Waals surface area contributed by atoms with Crippen LogP contribution in [0.1, 0.15) is 59.3 Å². The van der Waals surface area contributed by atoms with Gasteiger partial charge in [-0.05, 0) is 82.8 Å². The Hall–Kier alpha value is -2.44. The van der Waals surface area contributed by atoms with Crippen LogP contribution in [0, 0.1) is 11.3 Å². The SMILES string of the molecule is CN(CC1CC2(CCC(N(C)C(=O)OC(C)(C)C)CC2)C1)c1cccc2[nH]c(=O)n(C)c12. The van der Waals surface area contributed by atoms with Crippen molar-refractivity contribution in [3.8, 4) is 0 Å². The van der Waals surface area contributed by atoms with Gasteiger partial charge in [-0.2, -0.15) is 0 Å². The molecule has 1 aromatic carbocycles. The van der Waals surface area contributed by atoms with Crippen molar-refractivity contribution in [2.45, 2.75) is 70.9 Å². The third-order valence-electron chi connectivity index (χ3n) is 7.53. The molecule has 2 saturated carbocycles. The quantitative estimate of drug-likeness (QED) is 0.756. The Morgan fingerprint density at radius 2 is 1.88 bits per heavy atom. The maximum Gasteiger partial charge on any atom is 0.410 e. The fourth-order valence-corrected chi connectivity index (χ4v) is 5.87. The number of nitrogens with one attached hydrogen (secondary N) is 1. The number of aromatic amines is 1. The van der Waals surface area contributed by atoms with Crippen LogP contribution in [0.2, 0.25) is 0 Å². The summed E-state index contributed by atoms with van der Waals surface area (Å²) in [6, 6.07) is 6.35.